The number of aromatic nitrogens is 5. The van der Waals surface area contributed by atoms with Crippen LogP contribution in [0.4, 0.5) is 5.69 Å². The summed E-state index contributed by atoms with van der Waals surface area (Å²) >= 11 is 0. The maximum atomic E-state index is 13.4. The van der Waals surface area contributed by atoms with E-state index in [9.17, 15) is 4.79 Å². The minimum atomic E-state index is -0.665. The van der Waals surface area contributed by atoms with E-state index in [1.165, 1.54) is 0 Å². The van der Waals surface area contributed by atoms with Crippen molar-refractivity contribution in [3.8, 4) is 16.9 Å². The first kappa shape index (κ1) is 22.6. The van der Waals surface area contributed by atoms with Crippen LogP contribution in [-0.2, 0) is 4.79 Å². The molecule has 2 N–H and O–H groups in total. The predicted octanol–water partition coefficient (Wildman–Crippen LogP) is 2.81. The van der Waals surface area contributed by atoms with Gasteiger partial charge in [0.2, 0.25) is 5.91 Å². The van der Waals surface area contributed by atoms with E-state index in [2.05, 4.69) is 37.0 Å². The lowest BCUT2D eigenvalue weighted by Crippen LogP contribution is -2.29. The van der Waals surface area contributed by atoms with Gasteiger partial charge in [0.25, 0.3) is 0 Å². The molecule has 0 saturated heterocycles. The third kappa shape index (κ3) is 4.91. The molecular weight excluding hydrogens is 428 g/mol. The summed E-state index contributed by atoms with van der Waals surface area (Å²) in [5, 5.41) is 12.6. The number of carbonyl (C=O) groups is 1. The van der Waals surface area contributed by atoms with Crippen molar-refractivity contribution in [3.05, 3.63) is 95.4 Å². The predicted molar refractivity (Wildman–Crippen MR) is 131 cm³/mol. The number of nitrogens with one attached hydrogen (secondary N) is 2. The molecule has 4 aromatic rings. The highest BCUT2D eigenvalue weighted by molar-refractivity contribution is 5.98. The molecule has 1 unspecified atom stereocenters. The first-order valence-electron chi connectivity index (χ1n) is 10.6. The summed E-state index contributed by atoms with van der Waals surface area (Å²) in [7, 11) is 1.59. The van der Waals surface area contributed by atoms with E-state index >= 15 is 0 Å². The quantitative estimate of drug-likeness (QED) is 0.447. The number of aromatic amines is 1. The van der Waals surface area contributed by atoms with Crippen LogP contribution in [0.25, 0.3) is 23.8 Å². The number of imidazole rings is 1. The minimum absolute atomic E-state index is 0.257. The van der Waals surface area contributed by atoms with Crippen molar-refractivity contribution in [3.63, 3.8) is 0 Å². The Morgan fingerprint density at radius 3 is 2.88 bits per heavy atom. The molecule has 0 spiro atoms. The number of H-pyrrole nitrogens is 1. The fourth-order valence-corrected chi connectivity index (χ4v) is 3.55. The molecule has 3 heterocycles. The molecule has 1 amide bonds. The van der Waals surface area contributed by atoms with Crippen LogP contribution in [-0.4, -0.2) is 38.2 Å². The van der Waals surface area contributed by atoms with Gasteiger partial charge in [0, 0.05) is 34.9 Å². The Kier molecular flexibility index (Phi) is 6.88. The Hall–Kier alpha value is -4.59. The number of allylic oxidation sites excluding steroid dienone is 2. The fraction of sp³-hybridized carbons (Fsp3) is 0.115. The summed E-state index contributed by atoms with van der Waals surface area (Å²) in [6, 6.07) is 9.19. The Labute approximate surface area is 196 Å². The summed E-state index contributed by atoms with van der Waals surface area (Å²) in [6.45, 7) is 6.08. The summed E-state index contributed by atoms with van der Waals surface area (Å²) in [6.07, 6.45) is 13.9. The van der Waals surface area contributed by atoms with Gasteiger partial charge in [-0.1, -0.05) is 30.9 Å². The average molecular weight is 453 g/mol. The van der Waals surface area contributed by atoms with Gasteiger partial charge in [-0.3, -0.25) is 9.78 Å². The highest BCUT2D eigenvalue weighted by atomic mass is 16.5. The smallest absolute Gasteiger partial charge is 0.239 e. The van der Waals surface area contributed by atoms with Crippen LogP contribution >= 0.6 is 0 Å². The highest BCUT2D eigenvalue weighted by Crippen LogP contribution is 2.27. The van der Waals surface area contributed by atoms with Crippen molar-refractivity contribution >= 4 is 24.2 Å². The lowest BCUT2D eigenvalue weighted by molar-refractivity contribution is -0.116. The average Bonchev–Trinajstić information content (AvgIpc) is 3.38. The van der Waals surface area contributed by atoms with Crippen LogP contribution < -0.4 is 20.6 Å². The van der Waals surface area contributed by atoms with Crippen molar-refractivity contribution in [2.45, 2.75) is 12.8 Å². The number of pyridine rings is 1. The van der Waals surface area contributed by atoms with Crippen LogP contribution in [0.5, 0.6) is 5.75 Å². The van der Waals surface area contributed by atoms with Crippen LogP contribution in [0.3, 0.4) is 0 Å². The Balaban J connectivity index is 1.67. The molecule has 0 fully saturated rings. The number of hydrogen-bond acceptors (Lipinski definition) is 6. The van der Waals surface area contributed by atoms with E-state index in [1.807, 2.05) is 55.5 Å². The van der Waals surface area contributed by atoms with E-state index in [0.29, 0.717) is 22.6 Å². The maximum Gasteiger partial charge on any atom is 0.239 e. The summed E-state index contributed by atoms with van der Waals surface area (Å²) < 4.78 is 5.33. The molecule has 0 saturated carbocycles. The normalized spacial score (nSPS) is 12.6. The van der Waals surface area contributed by atoms with Crippen LogP contribution in [0.1, 0.15) is 24.2 Å². The molecule has 0 aliphatic rings. The lowest BCUT2D eigenvalue weighted by Gasteiger charge is -2.16. The Bertz CT molecular complexity index is 1430. The second kappa shape index (κ2) is 10.4. The van der Waals surface area contributed by atoms with Crippen LogP contribution in [0.15, 0.2) is 73.5 Å². The minimum Gasteiger partial charge on any atom is -0.497 e. The first-order chi connectivity index (χ1) is 16.6. The van der Waals surface area contributed by atoms with Gasteiger partial charge in [0.15, 0.2) is 0 Å². The zero-order chi connectivity index (χ0) is 23.9. The van der Waals surface area contributed by atoms with Gasteiger partial charge in [-0.2, -0.15) is 10.2 Å². The largest absolute Gasteiger partial charge is 0.497 e. The number of anilines is 1. The molecule has 4 rings (SSSR count). The molecule has 8 heteroatoms. The molecule has 0 aliphatic heterocycles. The van der Waals surface area contributed by atoms with E-state index < -0.39 is 5.92 Å². The summed E-state index contributed by atoms with van der Waals surface area (Å²) in [5.74, 6) is 0.260. The van der Waals surface area contributed by atoms with Crippen LogP contribution in [0.2, 0.25) is 0 Å². The van der Waals surface area contributed by atoms with Crippen molar-refractivity contribution < 1.29 is 9.53 Å². The molecule has 8 nitrogen and oxygen atoms in total. The number of carbonyl (C=O) groups excluding carboxylic acids is 1. The van der Waals surface area contributed by atoms with E-state index in [4.69, 9.17) is 4.74 Å². The molecule has 34 heavy (non-hydrogen) atoms. The zero-order valence-electron chi connectivity index (χ0n) is 18.9. The zero-order valence-corrected chi connectivity index (χ0v) is 18.9. The second-order valence-electron chi connectivity index (χ2n) is 7.45. The van der Waals surface area contributed by atoms with Gasteiger partial charge in [-0.25, -0.2) is 4.98 Å². The molecule has 0 bridgehead atoms. The van der Waals surface area contributed by atoms with Crippen molar-refractivity contribution in [1.82, 2.24) is 25.1 Å². The van der Waals surface area contributed by atoms with Crippen molar-refractivity contribution in [2.24, 2.45) is 0 Å². The topological polar surface area (TPSA) is 106 Å². The molecule has 0 aliphatic carbocycles. The van der Waals surface area contributed by atoms with Gasteiger partial charge >= 0.3 is 0 Å². The summed E-state index contributed by atoms with van der Waals surface area (Å²) in [5.41, 5.74) is 2.84. The van der Waals surface area contributed by atoms with Gasteiger partial charge in [0.05, 0.1) is 30.5 Å². The van der Waals surface area contributed by atoms with Gasteiger partial charge in [-0.15, -0.1) is 0 Å². The molecule has 3 aromatic heterocycles. The second-order valence-corrected chi connectivity index (χ2v) is 7.45. The summed E-state index contributed by atoms with van der Waals surface area (Å²) in [4.78, 5) is 25.1. The number of ether oxygens (including phenoxy) is 1. The Morgan fingerprint density at radius 1 is 1.24 bits per heavy atom. The monoisotopic (exact) mass is 452 g/mol. The van der Waals surface area contributed by atoms with Gasteiger partial charge in [-0.05, 0) is 36.8 Å². The molecule has 1 atom stereocenters. The number of rotatable bonds is 7. The number of nitrogens with zero attached hydrogens (tertiary/aromatic N) is 4. The number of methoxy groups -OCH3 is 1. The molecule has 0 radical (unpaired) electrons. The lowest BCUT2D eigenvalue weighted by atomic mass is 9.97. The van der Waals surface area contributed by atoms with E-state index in [-0.39, 0.29) is 5.91 Å². The van der Waals surface area contributed by atoms with Crippen molar-refractivity contribution in [2.75, 3.05) is 12.4 Å². The Morgan fingerprint density at radius 2 is 2.12 bits per heavy atom. The van der Waals surface area contributed by atoms with E-state index in [1.54, 1.807) is 38.1 Å². The first-order valence-corrected chi connectivity index (χ1v) is 10.6. The number of benzene rings is 1. The highest BCUT2D eigenvalue weighted by Gasteiger charge is 2.26. The fourth-order valence-electron chi connectivity index (χ4n) is 3.55. The van der Waals surface area contributed by atoms with Gasteiger partial charge in [0.1, 0.15) is 17.5 Å². The standard InChI is InChI=1S/C26H24N6O2/c1-4-5-9-23-17(2)22(16-30-32-23)19-12-20(15-27-14-19)31-26(33)24(25-28-10-11-29-25)18-7-6-8-21(13-18)34-3/h4-16,24H,2H2,1,3H3,(H,28,29)(H,31,33)/b5-4-,23-9+. The van der Waals surface area contributed by atoms with Gasteiger partial charge < -0.3 is 15.0 Å². The number of amides is 1. The molecule has 170 valence electrons. The van der Waals surface area contributed by atoms with Crippen molar-refractivity contribution in [1.29, 1.82) is 0 Å². The third-order valence-electron chi connectivity index (χ3n) is 5.23. The van der Waals surface area contributed by atoms with E-state index in [0.717, 1.165) is 21.9 Å². The molecular formula is C26H24N6O2. The number of hydrogen-bond donors (Lipinski definition) is 2. The maximum absolute atomic E-state index is 13.4. The molecule has 1 aromatic carbocycles. The SMILES string of the molecule is C=c1c(-c2cncc(NC(=O)C(c3cccc(OC)c3)c3ncc[nH]3)c2)cnn/c1=C/C=C\C. The third-order valence-corrected chi connectivity index (χ3v) is 5.23. The van der Waals surface area contributed by atoms with Crippen LogP contribution in [0, 0.1) is 0 Å².